The van der Waals surface area contributed by atoms with E-state index >= 15 is 0 Å². The van der Waals surface area contributed by atoms with Gasteiger partial charge in [-0.1, -0.05) is 22.0 Å². The molecule has 4 rings (SSSR count). The molecule has 7 heteroatoms. The van der Waals surface area contributed by atoms with Gasteiger partial charge in [0.15, 0.2) is 0 Å². The number of anilines is 1. The Kier molecular flexibility index (Phi) is 4.79. The van der Waals surface area contributed by atoms with Gasteiger partial charge in [-0.05, 0) is 31.5 Å². The zero-order valence-corrected chi connectivity index (χ0v) is 16.3. The Morgan fingerprint density at radius 1 is 1.42 bits per heavy atom. The number of likely N-dealkylation sites (tertiary alicyclic amines) is 1. The van der Waals surface area contributed by atoms with E-state index in [1.54, 1.807) is 6.33 Å². The lowest BCUT2D eigenvalue weighted by Crippen LogP contribution is -2.47. The second kappa shape index (κ2) is 7.22. The number of rotatable bonds is 4. The maximum absolute atomic E-state index is 8.85. The van der Waals surface area contributed by atoms with Crippen LogP contribution in [0.5, 0.6) is 0 Å². The van der Waals surface area contributed by atoms with Gasteiger partial charge in [0.05, 0.1) is 11.5 Å². The molecule has 0 unspecified atom stereocenters. The van der Waals surface area contributed by atoms with Gasteiger partial charge in [-0.15, -0.1) is 0 Å². The Labute approximate surface area is 161 Å². The molecule has 3 aromatic rings. The fourth-order valence-electron chi connectivity index (χ4n) is 3.88. The molecule has 3 heterocycles. The number of aromatic amines is 1. The van der Waals surface area contributed by atoms with Crippen LogP contribution in [0.25, 0.3) is 21.9 Å². The predicted octanol–water partition coefficient (Wildman–Crippen LogP) is 3.69. The van der Waals surface area contributed by atoms with Crippen LogP contribution in [0.4, 0.5) is 5.82 Å². The lowest BCUT2D eigenvalue weighted by atomic mass is 10.0. The summed E-state index contributed by atoms with van der Waals surface area (Å²) in [6.45, 7) is 2.89. The molecule has 1 atom stereocenters. The monoisotopic (exact) mass is 412 g/mol. The Balaban J connectivity index is 1.69. The standard InChI is InChI=1S/C19H21BrN6/c1-25(14-4-2-8-26(11-14)9-3-7-21)19-17-15-6-5-13(20)10-16(15)24-18(17)22-12-23-19/h5-6,10,12,14H,2-4,8-9,11H2,1H3,(H,22,23,24)/t14-/m1/s1. The van der Waals surface area contributed by atoms with Crippen molar-refractivity contribution >= 4 is 43.7 Å². The fraction of sp³-hybridized carbons (Fsp3) is 0.421. The van der Waals surface area contributed by atoms with Crippen LogP contribution >= 0.6 is 15.9 Å². The van der Waals surface area contributed by atoms with E-state index in [9.17, 15) is 0 Å². The highest BCUT2D eigenvalue weighted by Crippen LogP contribution is 2.33. The number of benzene rings is 1. The number of nitrogens with zero attached hydrogens (tertiary/aromatic N) is 5. The van der Waals surface area contributed by atoms with Crippen LogP contribution in [0, 0.1) is 11.3 Å². The first kappa shape index (κ1) is 17.3. The maximum atomic E-state index is 8.85. The van der Waals surface area contributed by atoms with Gasteiger partial charge in [0.2, 0.25) is 0 Å². The quantitative estimate of drug-likeness (QED) is 0.707. The molecule has 1 aromatic carbocycles. The van der Waals surface area contributed by atoms with Gasteiger partial charge in [-0.2, -0.15) is 5.26 Å². The van der Waals surface area contributed by atoms with Crippen LogP contribution in [0.3, 0.4) is 0 Å². The number of piperidine rings is 1. The molecular weight excluding hydrogens is 392 g/mol. The molecule has 0 spiro atoms. The number of nitriles is 1. The van der Waals surface area contributed by atoms with E-state index in [1.807, 2.05) is 0 Å². The number of nitrogens with one attached hydrogen (secondary N) is 1. The summed E-state index contributed by atoms with van der Waals surface area (Å²) in [5, 5.41) is 11.1. The lowest BCUT2D eigenvalue weighted by molar-refractivity contribution is 0.210. The van der Waals surface area contributed by atoms with Crippen LogP contribution in [0.2, 0.25) is 0 Å². The number of H-pyrrole nitrogens is 1. The smallest absolute Gasteiger partial charge is 0.143 e. The van der Waals surface area contributed by atoms with E-state index in [0.29, 0.717) is 12.5 Å². The highest BCUT2D eigenvalue weighted by Gasteiger charge is 2.25. The molecule has 1 N–H and O–H groups in total. The third kappa shape index (κ3) is 3.15. The molecule has 26 heavy (non-hydrogen) atoms. The summed E-state index contributed by atoms with van der Waals surface area (Å²) in [7, 11) is 2.12. The van der Waals surface area contributed by atoms with E-state index in [0.717, 1.165) is 64.7 Å². The van der Waals surface area contributed by atoms with E-state index in [-0.39, 0.29) is 0 Å². The zero-order valence-electron chi connectivity index (χ0n) is 14.7. The van der Waals surface area contributed by atoms with Gasteiger partial charge in [0.1, 0.15) is 17.8 Å². The van der Waals surface area contributed by atoms with E-state index in [1.165, 1.54) is 0 Å². The number of hydrogen-bond donors (Lipinski definition) is 1. The van der Waals surface area contributed by atoms with E-state index in [2.05, 4.69) is 72.0 Å². The van der Waals surface area contributed by atoms with Crippen LogP contribution < -0.4 is 4.90 Å². The minimum absolute atomic E-state index is 0.390. The molecule has 0 saturated carbocycles. The molecule has 1 fully saturated rings. The van der Waals surface area contributed by atoms with E-state index < -0.39 is 0 Å². The van der Waals surface area contributed by atoms with Crippen LogP contribution in [-0.2, 0) is 0 Å². The van der Waals surface area contributed by atoms with E-state index in [4.69, 9.17) is 5.26 Å². The van der Waals surface area contributed by atoms with Gasteiger partial charge < -0.3 is 14.8 Å². The summed E-state index contributed by atoms with van der Waals surface area (Å²) in [4.78, 5) is 17.1. The SMILES string of the molecule is CN(c1ncnc2[nH]c3cc(Br)ccc3c12)[C@@H]1CCCN(CCC#N)C1. The van der Waals surface area contributed by atoms with Crippen molar-refractivity contribution < 1.29 is 0 Å². The van der Waals surface area contributed by atoms with Crippen molar-refractivity contribution in [3.8, 4) is 6.07 Å². The third-order valence-electron chi connectivity index (χ3n) is 5.23. The summed E-state index contributed by atoms with van der Waals surface area (Å²) < 4.78 is 1.04. The van der Waals surface area contributed by atoms with Gasteiger partial charge in [0, 0.05) is 48.0 Å². The van der Waals surface area contributed by atoms with Crippen LogP contribution in [-0.4, -0.2) is 52.6 Å². The van der Waals surface area contributed by atoms with Crippen LogP contribution in [0.1, 0.15) is 19.3 Å². The predicted molar refractivity (Wildman–Crippen MR) is 107 cm³/mol. The van der Waals surface area contributed by atoms with Crippen molar-refractivity contribution in [2.45, 2.75) is 25.3 Å². The van der Waals surface area contributed by atoms with Crippen molar-refractivity contribution in [3.63, 3.8) is 0 Å². The molecule has 134 valence electrons. The number of aromatic nitrogens is 3. The Bertz CT molecular complexity index is 975. The highest BCUT2D eigenvalue weighted by molar-refractivity contribution is 9.10. The topological polar surface area (TPSA) is 71.8 Å². The van der Waals surface area contributed by atoms with Crippen molar-refractivity contribution in [1.29, 1.82) is 5.26 Å². The number of fused-ring (bicyclic) bond motifs is 3. The average molecular weight is 413 g/mol. The van der Waals surface area contributed by atoms with Gasteiger partial charge in [-0.3, -0.25) is 0 Å². The van der Waals surface area contributed by atoms with Gasteiger partial charge in [-0.25, -0.2) is 9.97 Å². The first-order valence-corrected chi connectivity index (χ1v) is 9.70. The molecule has 0 amide bonds. The summed E-state index contributed by atoms with van der Waals surface area (Å²) >= 11 is 3.53. The largest absolute Gasteiger partial charge is 0.355 e. The minimum Gasteiger partial charge on any atom is -0.355 e. The Morgan fingerprint density at radius 2 is 2.31 bits per heavy atom. The number of hydrogen-bond acceptors (Lipinski definition) is 5. The zero-order chi connectivity index (χ0) is 18.1. The summed E-state index contributed by atoms with van der Waals surface area (Å²) in [5.41, 5.74) is 1.93. The number of likely N-dealkylation sites (N-methyl/N-ethyl adjacent to an activating group) is 1. The first-order valence-electron chi connectivity index (χ1n) is 8.91. The molecule has 2 aromatic heterocycles. The minimum atomic E-state index is 0.390. The van der Waals surface area contributed by atoms with Crippen LogP contribution in [0.15, 0.2) is 29.0 Å². The van der Waals surface area contributed by atoms with Crippen molar-refractivity contribution in [2.75, 3.05) is 31.6 Å². The Morgan fingerprint density at radius 3 is 3.15 bits per heavy atom. The molecule has 0 radical (unpaired) electrons. The molecule has 1 saturated heterocycles. The molecule has 6 nitrogen and oxygen atoms in total. The van der Waals surface area contributed by atoms with Crippen molar-refractivity contribution in [2.24, 2.45) is 0 Å². The Hall–Kier alpha value is -2.17. The summed E-state index contributed by atoms with van der Waals surface area (Å²) in [6.07, 6.45) is 4.51. The molecule has 1 aliphatic heterocycles. The molecular formula is C19H21BrN6. The summed E-state index contributed by atoms with van der Waals surface area (Å²) in [5.74, 6) is 0.968. The van der Waals surface area contributed by atoms with Gasteiger partial charge >= 0.3 is 0 Å². The lowest BCUT2D eigenvalue weighted by Gasteiger charge is -2.38. The summed E-state index contributed by atoms with van der Waals surface area (Å²) in [6, 6.07) is 8.88. The van der Waals surface area contributed by atoms with Gasteiger partial charge in [0.25, 0.3) is 0 Å². The average Bonchev–Trinajstić information content (AvgIpc) is 3.03. The number of halogens is 1. The normalized spacial score (nSPS) is 18.3. The second-order valence-corrected chi connectivity index (χ2v) is 7.77. The molecule has 1 aliphatic rings. The fourth-order valence-corrected chi connectivity index (χ4v) is 4.24. The maximum Gasteiger partial charge on any atom is 0.143 e. The molecule has 0 bridgehead atoms. The second-order valence-electron chi connectivity index (χ2n) is 6.85. The third-order valence-corrected chi connectivity index (χ3v) is 5.73. The highest BCUT2D eigenvalue weighted by atomic mass is 79.9. The van der Waals surface area contributed by atoms with Crippen molar-refractivity contribution in [3.05, 3.63) is 29.0 Å². The van der Waals surface area contributed by atoms with Crippen molar-refractivity contribution in [1.82, 2.24) is 19.9 Å². The first-order chi connectivity index (χ1) is 12.7. The molecule has 0 aliphatic carbocycles.